The molecular weight excluding hydrogens is 859 g/mol. The molecule has 0 saturated heterocycles. The van der Waals surface area contributed by atoms with Gasteiger partial charge in [0, 0.05) is 89.8 Å². The van der Waals surface area contributed by atoms with Crippen LogP contribution in [0, 0.1) is 0 Å². The molecule has 0 amide bonds. The van der Waals surface area contributed by atoms with E-state index < -0.39 is 0 Å². The predicted octanol–water partition coefficient (Wildman–Crippen LogP) is 10.5. The van der Waals surface area contributed by atoms with E-state index in [0.717, 1.165) is 113 Å². The molecule has 0 fully saturated rings. The molecule has 63 heavy (non-hydrogen) atoms. The van der Waals surface area contributed by atoms with E-state index in [1.165, 1.54) is 0 Å². The average molecular weight is 928 g/mol. The molecule has 0 aromatic heterocycles. The van der Waals surface area contributed by atoms with Crippen molar-refractivity contribution in [2.24, 2.45) is 0 Å². The fourth-order valence-corrected chi connectivity index (χ4v) is 6.36. The van der Waals surface area contributed by atoms with E-state index in [4.69, 9.17) is 4.74 Å². The van der Waals surface area contributed by atoms with E-state index in [0.29, 0.717) is 6.73 Å². The lowest BCUT2D eigenvalue weighted by molar-refractivity contribution is 0.223. The molecule has 9 heterocycles. The Kier molecular flexibility index (Phi) is 34.6. The summed E-state index contributed by atoms with van der Waals surface area (Å²) in [5.41, 5.74) is 7.25. The lowest BCUT2D eigenvalue weighted by atomic mass is 10.2. The minimum atomic E-state index is 0.551. The van der Waals surface area contributed by atoms with Crippen LogP contribution in [0.1, 0.15) is 25.7 Å². The van der Waals surface area contributed by atoms with Crippen molar-refractivity contribution < 1.29 is 4.74 Å². The van der Waals surface area contributed by atoms with Crippen LogP contribution in [0.5, 0.6) is 0 Å². The van der Waals surface area contributed by atoms with Crippen molar-refractivity contribution in [3.63, 3.8) is 0 Å². The summed E-state index contributed by atoms with van der Waals surface area (Å²) in [6.07, 6.45) is 37.7. The topological polar surface area (TPSA) is 118 Å². The van der Waals surface area contributed by atoms with Gasteiger partial charge >= 0.3 is 0 Å². The highest BCUT2D eigenvalue weighted by atomic mass is 32.2. The summed E-state index contributed by atoms with van der Waals surface area (Å²) in [6, 6.07) is 0. The second kappa shape index (κ2) is 39.3. The first-order chi connectivity index (χ1) is 30.5. The van der Waals surface area contributed by atoms with Gasteiger partial charge in [-0.1, -0.05) is 114 Å². The van der Waals surface area contributed by atoms with E-state index in [2.05, 4.69) is 144 Å². The van der Waals surface area contributed by atoms with Gasteiger partial charge in [0.2, 0.25) is 0 Å². The molecule has 9 aliphatic heterocycles. The summed E-state index contributed by atoms with van der Waals surface area (Å²) >= 11 is 6.86. The minimum absolute atomic E-state index is 0.551. The molecule has 10 nitrogen and oxygen atoms in total. The average Bonchev–Trinajstić information content (AvgIpc) is 3.31. The third kappa shape index (κ3) is 37.9. The van der Waals surface area contributed by atoms with E-state index in [-0.39, 0.29) is 0 Å². The maximum atomic E-state index is 4.79. The van der Waals surface area contributed by atoms with Gasteiger partial charge in [0.05, 0.1) is 22.2 Å². The Labute approximate surface area is 396 Å². The van der Waals surface area contributed by atoms with Crippen molar-refractivity contribution in [2.75, 3.05) is 43.7 Å². The number of thioether (sulfide) groups is 4. The zero-order chi connectivity index (χ0) is 46.0. The zero-order valence-corrected chi connectivity index (χ0v) is 40.0. The summed E-state index contributed by atoms with van der Waals surface area (Å²) in [5.74, 6) is 3.04. The third-order valence-electron chi connectivity index (χ3n) is 7.42. The molecule has 0 atom stereocenters. The molecule has 0 saturated carbocycles. The molecule has 9 N–H and O–H groups in total. The van der Waals surface area contributed by atoms with Crippen molar-refractivity contribution in [1.82, 2.24) is 47.9 Å². The number of hydrogen-bond acceptors (Lipinski definition) is 14. The highest BCUT2D eigenvalue weighted by Gasteiger charge is 1.95. The quantitative estimate of drug-likeness (QED) is 0.107. The smallest absolute Gasteiger partial charge is 0.158 e. The molecule has 0 radical (unpaired) electrons. The van der Waals surface area contributed by atoms with Gasteiger partial charge in [0.1, 0.15) is 0 Å². The van der Waals surface area contributed by atoms with E-state index >= 15 is 0 Å². The molecule has 340 valence electrons. The highest BCUT2D eigenvalue weighted by Crippen LogP contribution is 2.14. The Bertz CT molecular complexity index is 1570. The lowest BCUT2D eigenvalue weighted by Crippen LogP contribution is -2.16. The number of allylic oxidation sites excluding steroid dienone is 9. The Morgan fingerprint density at radius 2 is 1.29 bits per heavy atom. The van der Waals surface area contributed by atoms with E-state index in [1.807, 2.05) is 71.4 Å². The molecule has 0 aromatic rings. The predicted molar refractivity (Wildman–Crippen MR) is 286 cm³/mol. The van der Waals surface area contributed by atoms with E-state index in [1.54, 1.807) is 59.4 Å². The van der Waals surface area contributed by atoms with Crippen LogP contribution in [-0.4, -0.2) is 43.7 Å². The number of rotatable bonds is 0. The van der Waals surface area contributed by atoms with Gasteiger partial charge in [-0.05, 0) is 78.3 Å². The van der Waals surface area contributed by atoms with Crippen LogP contribution in [0.4, 0.5) is 0 Å². The summed E-state index contributed by atoms with van der Waals surface area (Å²) in [5, 5.41) is 35.3. The van der Waals surface area contributed by atoms with Crippen LogP contribution in [-0.2, 0) is 4.74 Å². The minimum Gasteiger partial charge on any atom is -0.481 e. The van der Waals surface area contributed by atoms with Crippen LogP contribution in [0.15, 0.2) is 229 Å². The maximum Gasteiger partial charge on any atom is 0.158 e. The first-order valence-corrected chi connectivity index (χ1v) is 24.2. The van der Waals surface area contributed by atoms with Gasteiger partial charge in [-0.3, -0.25) is 0 Å². The second-order valence-corrected chi connectivity index (χ2v) is 16.9. The van der Waals surface area contributed by atoms with Crippen LogP contribution < -0.4 is 47.9 Å². The summed E-state index contributed by atoms with van der Waals surface area (Å²) < 4.78 is 4.79. The van der Waals surface area contributed by atoms with Crippen LogP contribution in [0.3, 0.4) is 0 Å². The fourth-order valence-electron chi connectivity index (χ4n) is 4.12. The largest absolute Gasteiger partial charge is 0.481 e. The van der Waals surface area contributed by atoms with Gasteiger partial charge in [-0.15, -0.1) is 35.3 Å². The van der Waals surface area contributed by atoms with Gasteiger partial charge in [-0.2, -0.15) is 0 Å². The number of ether oxygens (including phenoxy) is 1. The fraction of sp³-hybridized carbons (Fsp3) is 0.224. The first-order valence-electron chi connectivity index (χ1n) is 20.2. The van der Waals surface area contributed by atoms with E-state index in [9.17, 15) is 0 Å². The number of nitrogens with one attached hydrogen (secondary N) is 9. The summed E-state index contributed by atoms with van der Waals surface area (Å²) in [7, 11) is 0. The second-order valence-electron chi connectivity index (χ2n) is 12.9. The monoisotopic (exact) mass is 927 g/mol. The van der Waals surface area contributed by atoms with Gasteiger partial charge in [0.25, 0.3) is 0 Å². The molecule has 0 spiro atoms. The molecule has 14 heteroatoms. The molecule has 9 aliphatic rings. The Morgan fingerprint density at radius 3 is 1.57 bits per heavy atom. The van der Waals surface area contributed by atoms with Crippen LogP contribution in [0.25, 0.3) is 0 Å². The summed E-state index contributed by atoms with van der Waals surface area (Å²) in [4.78, 5) is 0. The van der Waals surface area contributed by atoms with Gasteiger partial charge in [0.15, 0.2) is 6.73 Å². The van der Waals surface area contributed by atoms with Crippen molar-refractivity contribution in [2.45, 2.75) is 25.7 Å². The zero-order valence-electron chi connectivity index (χ0n) is 36.7. The highest BCUT2D eigenvalue weighted by molar-refractivity contribution is 8.05. The molecule has 9 rings (SSSR count). The molecule has 0 aliphatic carbocycles. The van der Waals surface area contributed by atoms with Crippen molar-refractivity contribution >= 4 is 47.0 Å². The van der Waals surface area contributed by atoms with Crippen molar-refractivity contribution in [3.8, 4) is 0 Å². The first kappa shape index (κ1) is 55.5. The van der Waals surface area contributed by atoms with Crippen molar-refractivity contribution in [3.05, 3.63) is 229 Å². The standard InChI is InChI=1S/3C6H9N.C6H7N.C5H7NO.4C5H7NS/c4*1-6-4-2-3-5-7-6;1-5-2-3-7-4-6-5;1-5-4-7-3-2-6-5;1-5-2-3-7-4-6-5;2*1-5-6-3-2-4-7-5/h3,5,7H,1-2,4H2;2,4,7H,1,3,5H2;2-3,7H,1,4-5H2;2-5,7H,1H2;3*2-3,6H,1,4H2;2,4,6H,1,3H2;2-3,6H,1,4H2. The molecular formula is C49H69N9OS4. The Hall–Kier alpha value is -5.54. The lowest BCUT2D eigenvalue weighted by Gasteiger charge is -2.09. The molecule has 0 bridgehead atoms. The third-order valence-corrected chi connectivity index (χ3v) is 10.5. The summed E-state index contributed by atoms with van der Waals surface area (Å²) in [6.45, 7) is 36.9. The molecule has 0 unspecified atom stereocenters. The normalized spacial score (nSPS) is 18.8. The molecule has 0 aromatic carbocycles. The SMILES string of the molecule is C=C1C=CC=CN1.C=C1C=CCCN1.C=C1C=COCN1.C=C1C=CSCN1.C=C1CC=CCN1.C=C1CCC=CN1.C=C1CSC=CN1.C=C1NC=CCS1.C=C1NCC=CS1. The van der Waals surface area contributed by atoms with Crippen LogP contribution in [0.2, 0.25) is 0 Å². The Morgan fingerprint density at radius 1 is 0.508 bits per heavy atom. The number of hydrogen-bond donors (Lipinski definition) is 9. The van der Waals surface area contributed by atoms with Crippen LogP contribution >= 0.6 is 47.0 Å². The maximum absolute atomic E-state index is 4.79. The van der Waals surface area contributed by atoms with Gasteiger partial charge in [-0.25, -0.2) is 0 Å². The van der Waals surface area contributed by atoms with Gasteiger partial charge < -0.3 is 52.6 Å². The van der Waals surface area contributed by atoms with Crippen molar-refractivity contribution in [1.29, 1.82) is 0 Å². The number of dihydropyridines is 1. The Balaban J connectivity index is 0.000000354.